The molecule has 0 bridgehead atoms. The maximum absolute atomic E-state index is 12.4. The molecule has 7 nitrogen and oxygen atoms in total. The highest BCUT2D eigenvalue weighted by Crippen LogP contribution is 2.23. The van der Waals surface area contributed by atoms with Crippen molar-refractivity contribution in [2.45, 2.75) is 38.2 Å². The van der Waals surface area contributed by atoms with Crippen LogP contribution < -0.4 is 0 Å². The van der Waals surface area contributed by atoms with Crippen LogP contribution in [0.2, 0.25) is 0 Å². The Morgan fingerprint density at radius 3 is 2.65 bits per heavy atom. The molecule has 0 spiro atoms. The average Bonchev–Trinajstić information content (AvgIpc) is 2.56. The molecule has 1 rings (SSSR count). The first-order valence-corrected chi connectivity index (χ1v) is 8.09. The summed E-state index contributed by atoms with van der Waals surface area (Å²) in [5.41, 5.74) is -0.811. The molecule has 1 heterocycles. The monoisotopic (exact) mass is 308 g/mol. The lowest BCUT2D eigenvalue weighted by molar-refractivity contribution is -0.140. The highest BCUT2D eigenvalue weighted by atomic mass is 32.2. The predicted octanol–water partition coefficient (Wildman–Crippen LogP) is -0.0370. The van der Waals surface area contributed by atoms with Gasteiger partial charge in [-0.2, -0.15) is 17.0 Å². The van der Waals surface area contributed by atoms with Crippen molar-refractivity contribution in [1.82, 2.24) is 8.61 Å². The van der Waals surface area contributed by atoms with Gasteiger partial charge in [0.2, 0.25) is 0 Å². The number of ether oxygens (including phenoxy) is 1. The minimum atomic E-state index is -3.59. The second-order valence-corrected chi connectivity index (χ2v) is 7.44. The molecule has 0 aromatic rings. The van der Waals surface area contributed by atoms with Crippen LogP contribution in [0, 0.1) is 0 Å². The normalized spacial score (nSPS) is 25.4. The van der Waals surface area contributed by atoms with Gasteiger partial charge in [-0.1, -0.05) is 0 Å². The third kappa shape index (κ3) is 4.69. The van der Waals surface area contributed by atoms with Crippen LogP contribution in [0.3, 0.4) is 0 Å². The number of rotatable bonds is 5. The Kier molecular flexibility index (Phi) is 5.93. The average molecular weight is 308 g/mol. The van der Waals surface area contributed by atoms with Gasteiger partial charge in [-0.05, 0) is 26.2 Å². The van der Waals surface area contributed by atoms with Crippen LogP contribution in [-0.2, 0) is 19.7 Å². The van der Waals surface area contributed by atoms with Crippen molar-refractivity contribution in [2.75, 3.05) is 33.8 Å². The van der Waals surface area contributed by atoms with Gasteiger partial charge in [0, 0.05) is 26.7 Å². The molecule has 20 heavy (non-hydrogen) atoms. The predicted molar refractivity (Wildman–Crippen MR) is 74.2 cm³/mol. The van der Waals surface area contributed by atoms with E-state index in [0.29, 0.717) is 25.8 Å². The number of hydrogen-bond donors (Lipinski definition) is 1. The molecule has 1 unspecified atom stereocenters. The molecule has 0 radical (unpaired) electrons. The van der Waals surface area contributed by atoms with Crippen LogP contribution in [0.1, 0.15) is 32.6 Å². The summed E-state index contributed by atoms with van der Waals surface area (Å²) < 4.78 is 31.8. The van der Waals surface area contributed by atoms with Crippen LogP contribution in [0.25, 0.3) is 0 Å². The number of esters is 1. The Morgan fingerprint density at radius 2 is 2.05 bits per heavy atom. The third-order valence-corrected chi connectivity index (χ3v) is 5.59. The van der Waals surface area contributed by atoms with Crippen molar-refractivity contribution >= 4 is 16.2 Å². The number of carbonyl (C=O) groups excluding carboxylic acids is 1. The van der Waals surface area contributed by atoms with E-state index >= 15 is 0 Å². The van der Waals surface area contributed by atoms with Gasteiger partial charge in [0.25, 0.3) is 10.2 Å². The van der Waals surface area contributed by atoms with E-state index in [1.807, 2.05) is 0 Å². The number of carbonyl (C=O) groups is 1. The molecule has 0 aliphatic carbocycles. The van der Waals surface area contributed by atoms with Gasteiger partial charge in [0.1, 0.15) is 0 Å². The quantitative estimate of drug-likeness (QED) is 0.720. The van der Waals surface area contributed by atoms with E-state index in [9.17, 15) is 18.3 Å². The van der Waals surface area contributed by atoms with Crippen LogP contribution in [0.5, 0.6) is 0 Å². The summed E-state index contributed by atoms with van der Waals surface area (Å²) in [6.45, 7) is 2.49. The second-order valence-electron chi connectivity index (χ2n) is 5.40. The van der Waals surface area contributed by atoms with Crippen LogP contribution in [0.4, 0.5) is 0 Å². The molecule has 1 aliphatic rings. The lowest BCUT2D eigenvalue weighted by Crippen LogP contribution is -2.43. The van der Waals surface area contributed by atoms with E-state index in [4.69, 9.17) is 0 Å². The van der Waals surface area contributed by atoms with E-state index in [1.165, 1.54) is 18.5 Å². The van der Waals surface area contributed by atoms with Gasteiger partial charge >= 0.3 is 5.97 Å². The van der Waals surface area contributed by atoms with Crippen molar-refractivity contribution < 1.29 is 23.1 Å². The van der Waals surface area contributed by atoms with Crippen molar-refractivity contribution in [3.05, 3.63) is 0 Å². The van der Waals surface area contributed by atoms with E-state index in [0.717, 1.165) is 4.31 Å². The van der Waals surface area contributed by atoms with Gasteiger partial charge in [0.05, 0.1) is 19.1 Å². The van der Waals surface area contributed by atoms with Crippen LogP contribution in [-0.4, -0.2) is 67.5 Å². The summed E-state index contributed by atoms with van der Waals surface area (Å²) in [6, 6.07) is 0. The van der Waals surface area contributed by atoms with Crippen molar-refractivity contribution in [3.63, 3.8) is 0 Å². The fraction of sp³-hybridized carbons (Fsp3) is 0.917. The summed E-state index contributed by atoms with van der Waals surface area (Å²) >= 11 is 0. The Labute approximate surface area is 120 Å². The van der Waals surface area contributed by atoms with Crippen molar-refractivity contribution in [2.24, 2.45) is 0 Å². The molecule has 1 fully saturated rings. The summed E-state index contributed by atoms with van der Waals surface area (Å²) in [5.74, 6) is -0.439. The third-order valence-electron chi connectivity index (χ3n) is 3.60. The first-order chi connectivity index (χ1) is 9.19. The molecule has 8 heteroatoms. The lowest BCUT2D eigenvalue weighted by atomic mass is 9.98. The van der Waals surface area contributed by atoms with Crippen LogP contribution in [0.15, 0.2) is 0 Å². The van der Waals surface area contributed by atoms with Gasteiger partial charge in [-0.3, -0.25) is 4.79 Å². The SMILES string of the molecule is COC(=O)CCN(C)S(=O)(=O)N1CCCC(C)(O)CC1. The summed E-state index contributed by atoms with van der Waals surface area (Å²) in [7, 11) is -0.874. The number of nitrogens with zero attached hydrogens (tertiary/aromatic N) is 2. The summed E-state index contributed by atoms with van der Waals surface area (Å²) in [5, 5.41) is 9.99. The number of methoxy groups -OCH3 is 1. The van der Waals surface area contributed by atoms with Crippen molar-refractivity contribution in [1.29, 1.82) is 0 Å². The maximum atomic E-state index is 12.4. The largest absolute Gasteiger partial charge is 0.469 e. The Bertz CT molecular complexity index is 435. The Morgan fingerprint density at radius 1 is 1.40 bits per heavy atom. The summed E-state index contributed by atoms with van der Waals surface area (Å²) in [4.78, 5) is 11.1. The molecule has 118 valence electrons. The molecule has 1 saturated heterocycles. The van der Waals surface area contributed by atoms with Gasteiger partial charge in [0.15, 0.2) is 0 Å². The number of hydrogen-bond acceptors (Lipinski definition) is 5. The standard InChI is InChI=1S/C12H24N2O5S/c1-12(16)6-4-8-14(10-7-12)20(17,18)13(2)9-5-11(15)19-3/h16H,4-10H2,1-3H3. The topological polar surface area (TPSA) is 87.2 Å². The fourth-order valence-corrected chi connectivity index (χ4v) is 3.53. The van der Waals surface area contributed by atoms with Gasteiger partial charge < -0.3 is 9.84 Å². The first kappa shape index (κ1) is 17.4. The van der Waals surface area contributed by atoms with Crippen LogP contribution >= 0.6 is 0 Å². The molecule has 0 aromatic carbocycles. The molecule has 0 amide bonds. The van der Waals surface area contributed by atoms with Gasteiger partial charge in [-0.15, -0.1) is 0 Å². The zero-order valence-electron chi connectivity index (χ0n) is 12.3. The molecule has 1 atom stereocenters. The van der Waals surface area contributed by atoms with E-state index in [1.54, 1.807) is 6.92 Å². The summed E-state index contributed by atoms with van der Waals surface area (Å²) in [6.07, 6.45) is 1.65. The lowest BCUT2D eigenvalue weighted by Gasteiger charge is -2.26. The fourth-order valence-electron chi connectivity index (χ4n) is 2.13. The van der Waals surface area contributed by atoms with E-state index in [2.05, 4.69) is 4.74 Å². The zero-order chi connectivity index (χ0) is 15.4. The van der Waals surface area contributed by atoms with E-state index < -0.39 is 21.8 Å². The molecule has 0 saturated carbocycles. The first-order valence-electron chi connectivity index (χ1n) is 6.70. The minimum absolute atomic E-state index is 0.0256. The number of aliphatic hydroxyl groups is 1. The molecular formula is C12H24N2O5S. The highest BCUT2D eigenvalue weighted by Gasteiger charge is 2.32. The molecule has 1 aliphatic heterocycles. The van der Waals surface area contributed by atoms with Gasteiger partial charge in [-0.25, -0.2) is 0 Å². The molecular weight excluding hydrogens is 284 g/mol. The Hall–Kier alpha value is -0.700. The minimum Gasteiger partial charge on any atom is -0.469 e. The Balaban J connectivity index is 2.65. The zero-order valence-corrected chi connectivity index (χ0v) is 13.1. The van der Waals surface area contributed by atoms with E-state index in [-0.39, 0.29) is 19.5 Å². The maximum Gasteiger partial charge on any atom is 0.306 e. The second kappa shape index (κ2) is 6.84. The molecule has 1 N–H and O–H groups in total. The molecule has 0 aromatic heterocycles. The highest BCUT2D eigenvalue weighted by molar-refractivity contribution is 7.86. The smallest absolute Gasteiger partial charge is 0.306 e. The van der Waals surface area contributed by atoms with Crippen molar-refractivity contribution in [3.8, 4) is 0 Å².